The summed E-state index contributed by atoms with van der Waals surface area (Å²) < 4.78 is 26.9. The molecule has 102 valence electrons. The summed E-state index contributed by atoms with van der Waals surface area (Å²) >= 11 is -2.09. The van der Waals surface area contributed by atoms with Gasteiger partial charge in [0.1, 0.15) is 5.52 Å². The molecule has 2 atom stereocenters. The minimum absolute atomic E-state index is 0.260. The average molecular weight is 287 g/mol. The van der Waals surface area contributed by atoms with E-state index in [9.17, 15) is 8.76 Å². The summed E-state index contributed by atoms with van der Waals surface area (Å²) in [5, 5.41) is -0.775. The summed E-state index contributed by atoms with van der Waals surface area (Å²) in [6.07, 6.45) is 0. The molecule has 0 radical (unpaired) electrons. The third-order valence-corrected chi connectivity index (χ3v) is 3.99. The minimum Gasteiger partial charge on any atom is -0.439 e. The number of para-hydroxylation sites is 2. The van der Waals surface area contributed by atoms with Gasteiger partial charge in [-0.05, 0) is 24.6 Å². The number of benzene rings is 2. The van der Waals surface area contributed by atoms with Crippen molar-refractivity contribution < 1.29 is 13.2 Å². The van der Waals surface area contributed by atoms with Crippen molar-refractivity contribution in [1.82, 2.24) is 4.98 Å². The molecule has 1 N–H and O–H groups in total. The van der Waals surface area contributed by atoms with E-state index in [2.05, 4.69) is 4.98 Å². The second-order valence-electron chi connectivity index (χ2n) is 4.59. The van der Waals surface area contributed by atoms with E-state index in [-0.39, 0.29) is 5.89 Å². The lowest BCUT2D eigenvalue weighted by atomic mass is 10.1. The van der Waals surface area contributed by atoms with Crippen LogP contribution in [0.15, 0.2) is 52.9 Å². The molecule has 0 saturated heterocycles. The number of oxazole rings is 1. The van der Waals surface area contributed by atoms with Gasteiger partial charge in [-0.3, -0.25) is 0 Å². The molecular formula is C15H13NO3S. The first-order valence-electron chi connectivity index (χ1n) is 6.17. The van der Waals surface area contributed by atoms with Crippen LogP contribution in [0.5, 0.6) is 0 Å². The summed E-state index contributed by atoms with van der Waals surface area (Å²) in [5.41, 5.74) is 3.10. The first kappa shape index (κ1) is 13.0. The average Bonchev–Trinajstić information content (AvgIpc) is 2.84. The van der Waals surface area contributed by atoms with Crippen molar-refractivity contribution in [2.75, 3.05) is 0 Å². The quantitative estimate of drug-likeness (QED) is 0.749. The Hall–Kier alpha value is -1.98. The van der Waals surface area contributed by atoms with Gasteiger partial charge in [0, 0.05) is 0 Å². The summed E-state index contributed by atoms with van der Waals surface area (Å²) in [6, 6.07) is 14.7. The van der Waals surface area contributed by atoms with Crippen LogP contribution in [-0.2, 0) is 11.1 Å². The van der Waals surface area contributed by atoms with Crippen LogP contribution in [0.25, 0.3) is 11.1 Å². The predicted octanol–water partition coefficient (Wildman–Crippen LogP) is 3.45. The Balaban J connectivity index is 2.10. The van der Waals surface area contributed by atoms with Crippen molar-refractivity contribution in [3.05, 3.63) is 65.5 Å². The SMILES string of the molecule is Cc1ccc(C(c2nc3ccccc3o2)S(=O)O)cc1. The fourth-order valence-electron chi connectivity index (χ4n) is 2.09. The molecule has 0 aliphatic carbocycles. The Bertz CT molecular complexity index is 731. The molecule has 0 amide bonds. The molecule has 0 saturated carbocycles. The molecular weight excluding hydrogens is 274 g/mol. The normalized spacial score (nSPS) is 14.3. The highest BCUT2D eigenvalue weighted by molar-refractivity contribution is 7.79. The zero-order valence-corrected chi connectivity index (χ0v) is 11.6. The van der Waals surface area contributed by atoms with E-state index < -0.39 is 16.3 Å². The van der Waals surface area contributed by atoms with Gasteiger partial charge in [-0.1, -0.05) is 42.0 Å². The van der Waals surface area contributed by atoms with E-state index >= 15 is 0 Å². The monoisotopic (exact) mass is 287 g/mol. The summed E-state index contributed by atoms with van der Waals surface area (Å²) in [7, 11) is 0. The van der Waals surface area contributed by atoms with Gasteiger partial charge in [-0.25, -0.2) is 9.19 Å². The van der Waals surface area contributed by atoms with Gasteiger partial charge >= 0.3 is 0 Å². The standard InChI is InChI=1S/C15H13NO3S/c1-10-6-8-11(9-7-10)14(20(17)18)15-16-12-4-2-3-5-13(12)19-15/h2-9,14H,1H3,(H,17,18). The van der Waals surface area contributed by atoms with Crippen LogP contribution >= 0.6 is 0 Å². The van der Waals surface area contributed by atoms with Crippen LogP contribution in [0.2, 0.25) is 0 Å². The van der Waals surface area contributed by atoms with E-state index in [1.165, 1.54) is 0 Å². The summed E-state index contributed by atoms with van der Waals surface area (Å²) in [4.78, 5) is 4.31. The molecule has 20 heavy (non-hydrogen) atoms. The van der Waals surface area contributed by atoms with Gasteiger partial charge in [0.25, 0.3) is 0 Å². The van der Waals surface area contributed by atoms with Gasteiger partial charge in [-0.2, -0.15) is 0 Å². The number of nitrogens with zero attached hydrogens (tertiary/aromatic N) is 1. The number of hydrogen-bond donors (Lipinski definition) is 1. The Morgan fingerprint density at radius 2 is 1.85 bits per heavy atom. The topological polar surface area (TPSA) is 63.3 Å². The van der Waals surface area contributed by atoms with E-state index in [1.807, 2.05) is 49.4 Å². The van der Waals surface area contributed by atoms with Gasteiger partial charge < -0.3 is 8.97 Å². The Kier molecular flexibility index (Phi) is 3.38. The van der Waals surface area contributed by atoms with Crippen LogP contribution in [0.3, 0.4) is 0 Å². The molecule has 3 rings (SSSR count). The predicted molar refractivity (Wildman–Crippen MR) is 77.8 cm³/mol. The molecule has 0 fully saturated rings. The van der Waals surface area contributed by atoms with Crippen molar-refractivity contribution in [3.63, 3.8) is 0 Å². The van der Waals surface area contributed by atoms with Crippen LogP contribution < -0.4 is 0 Å². The number of fused-ring (bicyclic) bond motifs is 1. The second-order valence-corrected chi connectivity index (χ2v) is 5.61. The van der Waals surface area contributed by atoms with Crippen LogP contribution in [0, 0.1) is 6.92 Å². The van der Waals surface area contributed by atoms with E-state index in [0.717, 1.165) is 5.56 Å². The molecule has 0 aliphatic heterocycles. The lowest BCUT2D eigenvalue weighted by Gasteiger charge is -2.09. The number of aryl methyl sites for hydroxylation is 1. The molecule has 1 heterocycles. The molecule has 5 heteroatoms. The lowest BCUT2D eigenvalue weighted by Crippen LogP contribution is -2.07. The van der Waals surface area contributed by atoms with Crippen molar-refractivity contribution in [2.24, 2.45) is 0 Å². The smallest absolute Gasteiger partial charge is 0.218 e. The highest BCUT2D eigenvalue weighted by Crippen LogP contribution is 2.29. The molecule has 4 nitrogen and oxygen atoms in total. The largest absolute Gasteiger partial charge is 0.439 e. The van der Waals surface area contributed by atoms with Gasteiger partial charge in [0.05, 0.1) is 0 Å². The number of hydrogen-bond acceptors (Lipinski definition) is 3. The maximum Gasteiger partial charge on any atom is 0.218 e. The molecule has 0 bridgehead atoms. The van der Waals surface area contributed by atoms with Crippen molar-refractivity contribution in [1.29, 1.82) is 0 Å². The minimum atomic E-state index is -2.09. The maximum atomic E-state index is 11.7. The Morgan fingerprint density at radius 3 is 2.50 bits per heavy atom. The fraction of sp³-hybridized carbons (Fsp3) is 0.133. The first-order valence-corrected chi connectivity index (χ1v) is 7.34. The third-order valence-electron chi connectivity index (χ3n) is 3.12. The van der Waals surface area contributed by atoms with Gasteiger partial charge in [-0.15, -0.1) is 0 Å². The van der Waals surface area contributed by atoms with E-state index in [0.29, 0.717) is 16.7 Å². The van der Waals surface area contributed by atoms with Crippen LogP contribution in [-0.4, -0.2) is 13.7 Å². The van der Waals surface area contributed by atoms with Crippen molar-refractivity contribution in [2.45, 2.75) is 12.2 Å². The zero-order valence-electron chi connectivity index (χ0n) is 10.8. The molecule has 0 aliphatic rings. The van der Waals surface area contributed by atoms with Gasteiger partial charge in [0.2, 0.25) is 5.89 Å². The van der Waals surface area contributed by atoms with E-state index in [1.54, 1.807) is 6.07 Å². The van der Waals surface area contributed by atoms with Crippen LogP contribution in [0.1, 0.15) is 22.3 Å². The molecule has 2 aromatic carbocycles. The summed E-state index contributed by atoms with van der Waals surface area (Å²) in [6.45, 7) is 1.97. The first-order chi connectivity index (χ1) is 9.65. The molecule has 3 aromatic rings. The Labute approximate surface area is 118 Å². The van der Waals surface area contributed by atoms with Crippen LogP contribution in [0.4, 0.5) is 0 Å². The fourth-order valence-corrected chi connectivity index (χ4v) is 2.75. The lowest BCUT2D eigenvalue weighted by molar-refractivity contribution is 0.509. The van der Waals surface area contributed by atoms with E-state index in [4.69, 9.17) is 4.42 Å². The molecule has 0 spiro atoms. The number of rotatable bonds is 3. The zero-order chi connectivity index (χ0) is 14.1. The highest BCUT2D eigenvalue weighted by Gasteiger charge is 2.25. The van der Waals surface area contributed by atoms with Crippen molar-refractivity contribution in [3.8, 4) is 0 Å². The molecule has 1 aromatic heterocycles. The van der Waals surface area contributed by atoms with Crippen molar-refractivity contribution >= 4 is 22.2 Å². The van der Waals surface area contributed by atoms with Gasteiger partial charge in [0.15, 0.2) is 21.9 Å². The maximum absolute atomic E-state index is 11.7. The highest BCUT2D eigenvalue weighted by atomic mass is 32.2. The Morgan fingerprint density at radius 1 is 1.15 bits per heavy atom. The second kappa shape index (κ2) is 5.19. The summed E-state index contributed by atoms with van der Waals surface area (Å²) in [5.74, 6) is 0.260. The molecule has 2 unspecified atom stereocenters. The number of aromatic nitrogens is 1. The third kappa shape index (κ3) is 2.37.